The molecule has 0 saturated carbocycles. The molecular formula is C12H17NO2. The van der Waals surface area contributed by atoms with Crippen molar-refractivity contribution in [3.8, 4) is 0 Å². The fourth-order valence-corrected chi connectivity index (χ4v) is 1.43. The second kappa shape index (κ2) is 4.94. The number of benzene rings is 1. The van der Waals surface area contributed by atoms with Gasteiger partial charge in [-0.3, -0.25) is 4.79 Å². The van der Waals surface area contributed by atoms with Crippen LogP contribution in [-0.2, 0) is 4.79 Å². The molecule has 0 aliphatic carbocycles. The number of carbonyl (C=O) groups is 1. The first kappa shape index (κ1) is 11.7. The van der Waals surface area contributed by atoms with Gasteiger partial charge in [0.1, 0.15) is 0 Å². The zero-order valence-electron chi connectivity index (χ0n) is 9.10. The van der Waals surface area contributed by atoms with Crippen LogP contribution in [-0.4, -0.2) is 11.1 Å². The molecule has 0 fully saturated rings. The molecule has 0 spiro atoms. The Hall–Kier alpha value is -1.35. The van der Waals surface area contributed by atoms with Gasteiger partial charge in [0.15, 0.2) is 0 Å². The maximum Gasteiger partial charge on any atom is 0.306 e. The third-order valence-corrected chi connectivity index (χ3v) is 2.53. The Morgan fingerprint density at radius 3 is 2.40 bits per heavy atom. The van der Waals surface area contributed by atoms with Gasteiger partial charge in [0.05, 0.1) is 5.92 Å². The van der Waals surface area contributed by atoms with Crippen LogP contribution in [0.2, 0.25) is 0 Å². The van der Waals surface area contributed by atoms with Gasteiger partial charge >= 0.3 is 5.97 Å². The first-order valence-corrected chi connectivity index (χ1v) is 5.05. The lowest BCUT2D eigenvalue weighted by atomic mass is 9.96. The van der Waals surface area contributed by atoms with Crippen LogP contribution < -0.4 is 5.73 Å². The van der Waals surface area contributed by atoms with E-state index in [4.69, 9.17) is 10.8 Å². The van der Waals surface area contributed by atoms with Gasteiger partial charge in [0.2, 0.25) is 0 Å². The highest BCUT2D eigenvalue weighted by molar-refractivity contribution is 5.69. The second-order valence-corrected chi connectivity index (χ2v) is 3.99. The summed E-state index contributed by atoms with van der Waals surface area (Å²) in [5.74, 6) is -1.20. The SMILES string of the molecule is Cc1ccc(C(N)CC(C)C(=O)O)cc1. The van der Waals surface area contributed by atoms with E-state index in [1.807, 2.05) is 31.2 Å². The summed E-state index contributed by atoms with van der Waals surface area (Å²) in [5, 5.41) is 8.77. The Bertz CT molecular complexity index is 332. The molecule has 2 atom stereocenters. The predicted molar refractivity (Wildman–Crippen MR) is 59.5 cm³/mol. The molecule has 1 rings (SSSR count). The minimum absolute atomic E-state index is 0.198. The Morgan fingerprint density at radius 1 is 1.40 bits per heavy atom. The van der Waals surface area contributed by atoms with Crippen LogP contribution in [0.1, 0.15) is 30.5 Å². The molecule has 0 heterocycles. The number of rotatable bonds is 4. The second-order valence-electron chi connectivity index (χ2n) is 3.99. The highest BCUT2D eigenvalue weighted by Gasteiger charge is 2.16. The van der Waals surface area contributed by atoms with E-state index in [1.165, 1.54) is 5.56 Å². The molecule has 0 amide bonds. The highest BCUT2D eigenvalue weighted by Crippen LogP contribution is 2.19. The van der Waals surface area contributed by atoms with E-state index in [0.717, 1.165) is 5.56 Å². The monoisotopic (exact) mass is 207 g/mol. The maximum atomic E-state index is 10.7. The Kier molecular flexibility index (Phi) is 3.86. The van der Waals surface area contributed by atoms with Crippen molar-refractivity contribution >= 4 is 5.97 Å². The van der Waals surface area contributed by atoms with E-state index in [9.17, 15) is 4.79 Å². The van der Waals surface area contributed by atoms with Gasteiger partial charge in [-0.05, 0) is 18.9 Å². The molecule has 0 aromatic heterocycles. The summed E-state index contributed by atoms with van der Waals surface area (Å²) in [6.45, 7) is 3.69. The molecule has 3 N–H and O–H groups in total. The van der Waals surface area contributed by atoms with Crippen LogP contribution in [0.25, 0.3) is 0 Å². The summed E-state index contributed by atoms with van der Waals surface area (Å²) < 4.78 is 0. The molecule has 0 bridgehead atoms. The summed E-state index contributed by atoms with van der Waals surface area (Å²) in [5.41, 5.74) is 8.09. The van der Waals surface area contributed by atoms with Crippen molar-refractivity contribution in [2.24, 2.45) is 11.7 Å². The largest absolute Gasteiger partial charge is 0.481 e. The van der Waals surface area contributed by atoms with Gasteiger partial charge in [-0.15, -0.1) is 0 Å². The normalized spacial score (nSPS) is 14.6. The summed E-state index contributed by atoms with van der Waals surface area (Å²) in [7, 11) is 0. The standard InChI is InChI=1S/C12H17NO2/c1-8-3-5-10(6-4-8)11(13)7-9(2)12(14)15/h3-6,9,11H,7,13H2,1-2H3,(H,14,15). The number of carboxylic acids is 1. The van der Waals surface area contributed by atoms with Crippen molar-refractivity contribution in [3.63, 3.8) is 0 Å². The van der Waals surface area contributed by atoms with Gasteiger partial charge in [0, 0.05) is 6.04 Å². The smallest absolute Gasteiger partial charge is 0.306 e. The van der Waals surface area contributed by atoms with Gasteiger partial charge in [0.25, 0.3) is 0 Å². The fraction of sp³-hybridized carbons (Fsp3) is 0.417. The minimum Gasteiger partial charge on any atom is -0.481 e. The highest BCUT2D eigenvalue weighted by atomic mass is 16.4. The van der Waals surface area contributed by atoms with Crippen LogP contribution in [0.15, 0.2) is 24.3 Å². The van der Waals surface area contributed by atoms with E-state index < -0.39 is 11.9 Å². The predicted octanol–water partition coefficient (Wildman–Crippen LogP) is 2.11. The quantitative estimate of drug-likeness (QED) is 0.794. The van der Waals surface area contributed by atoms with Gasteiger partial charge < -0.3 is 10.8 Å². The lowest BCUT2D eigenvalue weighted by Gasteiger charge is -2.14. The van der Waals surface area contributed by atoms with E-state index in [0.29, 0.717) is 6.42 Å². The van der Waals surface area contributed by atoms with Crippen LogP contribution in [0.5, 0.6) is 0 Å². The van der Waals surface area contributed by atoms with Crippen LogP contribution in [0, 0.1) is 12.8 Å². The van der Waals surface area contributed by atoms with Crippen molar-refractivity contribution < 1.29 is 9.90 Å². The fourth-order valence-electron chi connectivity index (χ4n) is 1.43. The number of hydrogen-bond acceptors (Lipinski definition) is 2. The first-order valence-electron chi connectivity index (χ1n) is 5.05. The molecule has 0 aliphatic heterocycles. The van der Waals surface area contributed by atoms with E-state index in [2.05, 4.69) is 0 Å². The van der Waals surface area contributed by atoms with Crippen molar-refractivity contribution in [2.45, 2.75) is 26.3 Å². The summed E-state index contributed by atoms with van der Waals surface area (Å²) in [6.07, 6.45) is 0.471. The number of nitrogens with two attached hydrogens (primary N) is 1. The zero-order chi connectivity index (χ0) is 11.4. The molecule has 82 valence electrons. The van der Waals surface area contributed by atoms with Gasteiger partial charge in [-0.25, -0.2) is 0 Å². The lowest BCUT2D eigenvalue weighted by molar-refractivity contribution is -0.141. The zero-order valence-corrected chi connectivity index (χ0v) is 9.10. The molecule has 1 aromatic rings. The Balaban J connectivity index is 2.64. The van der Waals surface area contributed by atoms with Gasteiger partial charge in [-0.2, -0.15) is 0 Å². The third-order valence-electron chi connectivity index (χ3n) is 2.53. The van der Waals surface area contributed by atoms with Crippen molar-refractivity contribution in [1.82, 2.24) is 0 Å². The van der Waals surface area contributed by atoms with Gasteiger partial charge in [-0.1, -0.05) is 36.8 Å². The van der Waals surface area contributed by atoms with E-state index in [-0.39, 0.29) is 6.04 Å². The Morgan fingerprint density at radius 2 is 1.93 bits per heavy atom. The molecule has 15 heavy (non-hydrogen) atoms. The summed E-state index contributed by atoms with van der Waals surface area (Å²) in [6, 6.07) is 7.68. The average molecular weight is 207 g/mol. The van der Waals surface area contributed by atoms with Crippen molar-refractivity contribution in [3.05, 3.63) is 35.4 Å². The van der Waals surface area contributed by atoms with Crippen molar-refractivity contribution in [1.29, 1.82) is 0 Å². The van der Waals surface area contributed by atoms with Crippen molar-refractivity contribution in [2.75, 3.05) is 0 Å². The topological polar surface area (TPSA) is 63.3 Å². The van der Waals surface area contributed by atoms with E-state index in [1.54, 1.807) is 6.92 Å². The number of aliphatic carboxylic acids is 1. The van der Waals surface area contributed by atoms with E-state index >= 15 is 0 Å². The van der Waals surface area contributed by atoms with Crippen LogP contribution >= 0.6 is 0 Å². The minimum atomic E-state index is -0.794. The number of carboxylic acid groups (broad SMARTS) is 1. The molecule has 0 radical (unpaired) electrons. The average Bonchev–Trinajstić information content (AvgIpc) is 2.18. The maximum absolute atomic E-state index is 10.7. The molecule has 3 heteroatoms. The lowest BCUT2D eigenvalue weighted by Crippen LogP contribution is -2.19. The molecule has 1 aromatic carbocycles. The summed E-state index contributed by atoms with van der Waals surface area (Å²) >= 11 is 0. The van der Waals surface area contributed by atoms with Crippen LogP contribution in [0.3, 0.4) is 0 Å². The molecule has 2 unspecified atom stereocenters. The molecular weight excluding hydrogens is 190 g/mol. The molecule has 0 aliphatic rings. The molecule has 0 saturated heterocycles. The third kappa shape index (κ3) is 3.36. The number of aryl methyl sites for hydroxylation is 1. The first-order chi connectivity index (χ1) is 7.00. The number of hydrogen-bond donors (Lipinski definition) is 2. The Labute approximate surface area is 89.9 Å². The summed E-state index contributed by atoms with van der Waals surface area (Å²) in [4.78, 5) is 10.7. The molecule has 3 nitrogen and oxygen atoms in total. The van der Waals surface area contributed by atoms with Crippen LogP contribution in [0.4, 0.5) is 0 Å².